The Kier molecular flexibility index (Phi) is 15.3. The van der Waals surface area contributed by atoms with Crippen LogP contribution in [0.25, 0.3) is 0 Å². The molecule has 0 fully saturated rings. The Morgan fingerprint density at radius 3 is 1.72 bits per heavy atom. The van der Waals surface area contributed by atoms with E-state index in [1.54, 1.807) is 0 Å². The van der Waals surface area contributed by atoms with Crippen LogP contribution in [-0.4, -0.2) is 77.7 Å². The normalized spacial score (nSPS) is 11.2. The summed E-state index contributed by atoms with van der Waals surface area (Å²) in [5.41, 5.74) is -0.493. The summed E-state index contributed by atoms with van der Waals surface area (Å²) in [5.74, 6) is 0. The summed E-state index contributed by atoms with van der Waals surface area (Å²) in [4.78, 5) is 11.4. The number of amides is 1. The van der Waals surface area contributed by atoms with Crippen LogP contribution in [0.15, 0.2) is 12.8 Å². The largest absolute Gasteiger partial charge is 0.499 e. The van der Waals surface area contributed by atoms with Crippen LogP contribution < -0.4 is 5.32 Å². The fourth-order valence-corrected chi connectivity index (χ4v) is 1.49. The summed E-state index contributed by atoms with van der Waals surface area (Å²) in [6.45, 7) is 13.7. The third-order valence-corrected chi connectivity index (χ3v) is 2.49. The highest BCUT2D eigenvalue weighted by atomic mass is 16.6. The summed E-state index contributed by atoms with van der Waals surface area (Å²) in [5, 5.41) is 2.61. The molecule has 1 amide bonds. The third-order valence-electron chi connectivity index (χ3n) is 2.49. The Balaban J connectivity index is 3.14. The van der Waals surface area contributed by atoms with Gasteiger partial charge in [0.05, 0.1) is 59.1 Å². The van der Waals surface area contributed by atoms with E-state index in [0.717, 1.165) is 0 Å². The molecule has 8 heteroatoms. The van der Waals surface area contributed by atoms with Crippen LogP contribution >= 0.6 is 0 Å². The van der Waals surface area contributed by atoms with Gasteiger partial charge >= 0.3 is 6.09 Å². The van der Waals surface area contributed by atoms with Gasteiger partial charge in [-0.15, -0.1) is 0 Å². The van der Waals surface area contributed by atoms with Crippen molar-refractivity contribution in [3.8, 4) is 0 Å². The van der Waals surface area contributed by atoms with E-state index in [9.17, 15) is 4.79 Å². The molecule has 0 unspecified atom stereocenters. The lowest BCUT2D eigenvalue weighted by Crippen LogP contribution is -2.34. The maximum atomic E-state index is 11.4. The molecule has 0 aromatic heterocycles. The standard InChI is InChI=1S/C17H33NO7/c1-5-20-8-9-22-12-13-24-15-14-23-11-10-21-7-6-18-16(19)25-17(2,3)4/h5H,1,6-15H2,2-4H3,(H,18,19). The van der Waals surface area contributed by atoms with Gasteiger partial charge in [0.25, 0.3) is 0 Å². The molecule has 0 radical (unpaired) electrons. The quantitative estimate of drug-likeness (QED) is 0.330. The Hall–Kier alpha value is -1.35. The first-order valence-electron chi connectivity index (χ1n) is 8.46. The predicted molar refractivity (Wildman–Crippen MR) is 93.7 cm³/mol. The third kappa shape index (κ3) is 20.6. The summed E-state index contributed by atoms with van der Waals surface area (Å²) < 4.78 is 31.3. The average Bonchev–Trinajstić information content (AvgIpc) is 2.53. The van der Waals surface area contributed by atoms with Crippen molar-refractivity contribution in [2.75, 3.05) is 66.0 Å². The fraction of sp³-hybridized carbons (Fsp3) is 0.824. The van der Waals surface area contributed by atoms with Gasteiger partial charge in [-0.05, 0) is 20.8 Å². The second-order valence-electron chi connectivity index (χ2n) is 5.92. The highest BCUT2D eigenvalue weighted by Crippen LogP contribution is 2.05. The zero-order valence-corrected chi connectivity index (χ0v) is 15.7. The van der Waals surface area contributed by atoms with Gasteiger partial charge in [0.1, 0.15) is 12.2 Å². The molecule has 0 aliphatic carbocycles. The van der Waals surface area contributed by atoms with Gasteiger partial charge in [-0.25, -0.2) is 4.79 Å². The first-order chi connectivity index (χ1) is 12.0. The van der Waals surface area contributed by atoms with Crippen LogP contribution in [0.4, 0.5) is 4.79 Å². The maximum Gasteiger partial charge on any atom is 0.407 e. The molecule has 8 nitrogen and oxygen atoms in total. The number of carbonyl (C=O) groups is 1. The summed E-state index contributed by atoms with van der Waals surface area (Å²) in [6, 6.07) is 0. The number of hydrogen-bond donors (Lipinski definition) is 1. The lowest BCUT2D eigenvalue weighted by Gasteiger charge is -2.19. The SMILES string of the molecule is C=COCCOCCOCCOCCOCCNC(=O)OC(C)(C)C. The molecule has 0 atom stereocenters. The van der Waals surface area contributed by atoms with E-state index in [1.807, 2.05) is 20.8 Å². The number of nitrogens with one attached hydrogen (secondary N) is 1. The molecule has 0 aliphatic heterocycles. The van der Waals surface area contributed by atoms with Crippen molar-refractivity contribution in [2.24, 2.45) is 0 Å². The van der Waals surface area contributed by atoms with Crippen molar-refractivity contribution in [1.82, 2.24) is 5.32 Å². The molecule has 0 saturated carbocycles. The number of alkyl carbamates (subject to hydrolysis) is 1. The van der Waals surface area contributed by atoms with Crippen LogP contribution in [0.5, 0.6) is 0 Å². The van der Waals surface area contributed by atoms with Crippen molar-refractivity contribution in [3.05, 3.63) is 12.8 Å². The smallest absolute Gasteiger partial charge is 0.407 e. The minimum atomic E-state index is -0.493. The van der Waals surface area contributed by atoms with Gasteiger partial charge in [-0.1, -0.05) is 6.58 Å². The molecule has 0 aliphatic rings. The molecule has 1 N–H and O–H groups in total. The minimum absolute atomic E-state index is 0.399. The zero-order chi connectivity index (χ0) is 18.8. The van der Waals surface area contributed by atoms with E-state index in [-0.39, 0.29) is 0 Å². The predicted octanol–water partition coefficient (Wildman–Crippen LogP) is 1.74. The lowest BCUT2D eigenvalue weighted by molar-refractivity contribution is -0.00608. The molecule has 148 valence electrons. The topological polar surface area (TPSA) is 84.5 Å². The molecule has 0 aromatic rings. The van der Waals surface area contributed by atoms with Crippen LogP contribution in [0, 0.1) is 0 Å². The Morgan fingerprint density at radius 1 is 0.840 bits per heavy atom. The molecule has 25 heavy (non-hydrogen) atoms. The Labute approximate surface area is 150 Å². The van der Waals surface area contributed by atoms with Crippen LogP contribution in [0.2, 0.25) is 0 Å². The monoisotopic (exact) mass is 363 g/mol. The molecule has 0 aromatic carbocycles. The number of ether oxygens (including phenoxy) is 6. The van der Waals surface area contributed by atoms with Gasteiger partial charge in [-0.2, -0.15) is 0 Å². The highest BCUT2D eigenvalue weighted by Gasteiger charge is 2.15. The van der Waals surface area contributed by atoms with E-state index < -0.39 is 11.7 Å². The maximum absolute atomic E-state index is 11.4. The van der Waals surface area contributed by atoms with E-state index in [0.29, 0.717) is 66.0 Å². The molecule has 0 rings (SSSR count). The van der Waals surface area contributed by atoms with Gasteiger partial charge in [-0.3, -0.25) is 0 Å². The fourth-order valence-electron chi connectivity index (χ4n) is 1.49. The Bertz CT molecular complexity index is 331. The molecule has 0 heterocycles. The van der Waals surface area contributed by atoms with Gasteiger partial charge in [0, 0.05) is 6.54 Å². The van der Waals surface area contributed by atoms with Crippen molar-refractivity contribution in [2.45, 2.75) is 26.4 Å². The Morgan fingerprint density at radius 2 is 1.28 bits per heavy atom. The van der Waals surface area contributed by atoms with Gasteiger partial charge in [0.2, 0.25) is 0 Å². The van der Waals surface area contributed by atoms with Crippen molar-refractivity contribution < 1.29 is 33.2 Å². The van der Waals surface area contributed by atoms with Gasteiger partial charge in [0.15, 0.2) is 0 Å². The number of hydrogen-bond acceptors (Lipinski definition) is 7. The average molecular weight is 363 g/mol. The van der Waals surface area contributed by atoms with E-state index in [4.69, 9.17) is 28.4 Å². The van der Waals surface area contributed by atoms with E-state index >= 15 is 0 Å². The lowest BCUT2D eigenvalue weighted by atomic mass is 10.2. The number of carbonyl (C=O) groups excluding carboxylic acids is 1. The van der Waals surface area contributed by atoms with E-state index in [1.165, 1.54) is 6.26 Å². The summed E-state index contributed by atoms with van der Waals surface area (Å²) in [7, 11) is 0. The van der Waals surface area contributed by atoms with Crippen molar-refractivity contribution in [3.63, 3.8) is 0 Å². The number of rotatable bonds is 16. The van der Waals surface area contributed by atoms with Crippen molar-refractivity contribution in [1.29, 1.82) is 0 Å². The molecular formula is C17H33NO7. The first kappa shape index (κ1) is 23.6. The second-order valence-corrected chi connectivity index (χ2v) is 5.92. The van der Waals surface area contributed by atoms with Crippen LogP contribution in [0.1, 0.15) is 20.8 Å². The highest BCUT2D eigenvalue weighted by molar-refractivity contribution is 5.67. The zero-order valence-electron chi connectivity index (χ0n) is 15.7. The van der Waals surface area contributed by atoms with Gasteiger partial charge < -0.3 is 33.7 Å². The summed E-state index contributed by atoms with van der Waals surface area (Å²) in [6.07, 6.45) is 0.944. The molecule has 0 bridgehead atoms. The minimum Gasteiger partial charge on any atom is -0.499 e. The summed E-state index contributed by atoms with van der Waals surface area (Å²) >= 11 is 0. The first-order valence-corrected chi connectivity index (χ1v) is 8.46. The molecule has 0 spiro atoms. The van der Waals surface area contributed by atoms with E-state index in [2.05, 4.69) is 11.9 Å². The second kappa shape index (κ2) is 16.1. The molecule has 0 saturated heterocycles. The van der Waals surface area contributed by atoms with Crippen LogP contribution in [-0.2, 0) is 28.4 Å². The van der Waals surface area contributed by atoms with Crippen molar-refractivity contribution >= 4 is 6.09 Å². The molecular weight excluding hydrogens is 330 g/mol. The van der Waals surface area contributed by atoms with Crippen LogP contribution in [0.3, 0.4) is 0 Å².